The molecule has 1 unspecified atom stereocenters. The molecule has 1 aliphatic rings. The molecule has 4 heteroatoms. The second-order valence-electron chi connectivity index (χ2n) is 4.52. The van der Waals surface area contributed by atoms with E-state index < -0.39 is 0 Å². The van der Waals surface area contributed by atoms with E-state index in [1.807, 2.05) is 6.07 Å². The molecule has 0 aliphatic heterocycles. The number of halogens is 2. The fourth-order valence-electron chi connectivity index (χ4n) is 2.43. The summed E-state index contributed by atoms with van der Waals surface area (Å²) >= 11 is 8.57. The first-order valence-electron chi connectivity index (χ1n) is 5.79. The molecule has 0 saturated heterocycles. The minimum Gasteiger partial charge on any atom is -0.388 e. The highest BCUT2D eigenvalue weighted by Crippen LogP contribution is 2.38. The molecule has 0 spiro atoms. The van der Waals surface area contributed by atoms with Crippen molar-refractivity contribution in [2.75, 3.05) is 0 Å². The molecule has 1 fully saturated rings. The van der Waals surface area contributed by atoms with Crippen LogP contribution in [-0.4, -0.2) is 5.11 Å². The number of hydrogen-bond acceptors (Lipinski definition) is 2. The first-order chi connectivity index (χ1) is 7.66. The lowest BCUT2D eigenvalue weighted by Gasteiger charge is -2.13. The first-order valence-corrected chi connectivity index (χ1v) is 8.20. The Morgan fingerprint density at radius 3 is 2.62 bits per heavy atom. The Kier molecular flexibility index (Phi) is 4.89. The van der Waals surface area contributed by atoms with Gasteiger partial charge in [-0.25, -0.2) is 0 Å². The first kappa shape index (κ1) is 13.1. The fraction of sp³-hybridized carbons (Fsp3) is 0.667. The van der Waals surface area contributed by atoms with Gasteiger partial charge in [-0.2, -0.15) is 0 Å². The molecule has 90 valence electrons. The van der Waals surface area contributed by atoms with E-state index in [-0.39, 0.29) is 6.10 Å². The number of thiophene rings is 1. The quantitative estimate of drug-likeness (QED) is 0.767. The Labute approximate surface area is 118 Å². The minimum absolute atomic E-state index is 0.308. The van der Waals surface area contributed by atoms with Crippen molar-refractivity contribution in [2.24, 2.45) is 5.92 Å². The lowest BCUT2D eigenvalue weighted by atomic mass is 9.98. The maximum Gasteiger partial charge on any atom is 0.0809 e. The van der Waals surface area contributed by atoms with Crippen molar-refractivity contribution >= 4 is 43.2 Å². The summed E-state index contributed by atoms with van der Waals surface area (Å²) in [5, 5.41) is 10.1. The van der Waals surface area contributed by atoms with Gasteiger partial charge in [0.1, 0.15) is 0 Å². The molecule has 1 atom stereocenters. The molecule has 1 N–H and O–H groups in total. The summed E-state index contributed by atoms with van der Waals surface area (Å²) in [6, 6.07) is 2.02. The summed E-state index contributed by atoms with van der Waals surface area (Å²) in [6.45, 7) is 0. The second-order valence-corrected chi connectivity index (χ2v) is 8.27. The molecule has 1 heterocycles. The zero-order chi connectivity index (χ0) is 11.5. The standard InChI is InChI=1S/C12H16Br2OS/c13-11-7-9(12(14)16-11)10(15)6-5-8-3-1-2-4-8/h7-8,10,15H,1-6H2. The van der Waals surface area contributed by atoms with Crippen LogP contribution in [0, 0.1) is 5.92 Å². The largest absolute Gasteiger partial charge is 0.388 e. The van der Waals surface area contributed by atoms with Crippen LogP contribution in [0.2, 0.25) is 0 Å². The topological polar surface area (TPSA) is 20.2 Å². The molecule has 0 bridgehead atoms. The van der Waals surface area contributed by atoms with E-state index in [1.165, 1.54) is 32.1 Å². The van der Waals surface area contributed by atoms with Gasteiger partial charge < -0.3 is 5.11 Å². The summed E-state index contributed by atoms with van der Waals surface area (Å²) in [7, 11) is 0. The van der Waals surface area contributed by atoms with Crippen molar-refractivity contribution in [3.05, 3.63) is 19.2 Å². The molecule has 1 aromatic rings. The lowest BCUT2D eigenvalue weighted by Crippen LogP contribution is -2.01. The highest BCUT2D eigenvalue weighted by Gasteiger charge is 2.19. The van der Waals surface area contributed by atoms with E-state index in [2.05, 4.69) is 31.9 Å². The smallest absolute Gasteiger partial charge is 0.0809 e. The Balaban J connectivity index is 1.87. The molecule has 0 amide bonds. The SMILES string of the molecule is OC(CCC1CCCC1)c1cc(Br)sc1Br. The predicted molar refractivity (Wildman–Crippen MR) is 75.9 cm³/mol. The lowest BCUT2D eigenvalue weighted by molar-refractivity contribution is 0.157. The minimum atomic E-state index is -0.308. The third-order valence-electron chi connectivity index (χ3n) is 3.37. The predicted octanol–water partition coefficient (Wildman–Crippen LogP) is 5.28. The molecule has 1 nitrogen and oxygen atoms in total. The van der Waals surface area contributed by atoms with Crippen LogP contribution in [0.1, 0.15) is 50.2 Å². The van der Waals surface area contributed by atoms with Gasteiger partial charge in [0.05, 0.1) is 13.7 Å². The Bertz CT molecular complexity index is 345. The van der Waals surface area contributed by atoms with Gasteiger partial charge in [-0.05, 0) is 56.7 Å². The average Bonchev–Trinajstić information content (AvgIpc) is 2.84. The summed E-state index contributed by atoms with van der Waals surface area (Å²) in [5.74, 6) is 0.857. The molecule has 0 aromatic carbocycles. The zero-order valence-electron chi connectivity index (χ0n) is 9.09. The second kappa shape index (κ2) is 5.98. The van der Waals surface area contributed by atoms with E-state index in [0.29, 0.717) is 0 Å². The summed E-state index contributed by atoms with van der Waals surface area (Å²) in [5.41, 5.74) is 1.04. The Morgan fingerprint density at radius 1 is 1.38 bits per heavy atom. The maximum absolute atomic E-state index is 10.1. The highest BCUT2D eigenvalue weighted by atomic mass is 79.9. The van der Waals surface area contributed by atoms with Gasteiger partial charge in [0.2, 0.25) is 0 Å². The van der Waals surface area contributed by atoms with Crippen molar-refractivity contribution in [3.8, 4) is 0 Å². The van der Waals surface area contributed by atoms with Crippen molar-refractivity contribution in [3.63, 3.8) is 0 Å². The fourth-order valence-corrected chi connectivity index (χ4v) is 5.38. The van der Waals surface area contributed by atoms with Gasteiger partial charge in [0.25, 0.3) is 0 Å². The van der Waals surface area contributed by atoms with Gasteiger partial charge in [0, 0.05) is 5.56 Å². The van der Waals surface area contributed by atoms with Crippen LogP contribution < -0.4 is 0 Å². The van der Waals surface area contributed by atoms with Crippen LogP contribution in [0.15, 0.2) is 13.6 Å². The average molecular weight is 368 g/mol. The Hall–Kier alpha value is 0.620. The molecular weight excluding hydrogens is 352 g/mol. The van der Waals surface area contributed by atoms with Crippen LogP contribution in [0.25, 0.3) is 0 Å². The zero-order valence-corrected chi connectivity index (χ0v) is 13.1. The molecule has 16 heavy (non-hydrogen) atoms. The van der Waals surface area contributed by atoms with E-state index in [4.69, 9.17) is 0 Å². The third-order valence-corrected chi connectivity index (χ3v) is 5.75. The van der Waals surface area contributed by atoms with E-state index in [1.54, 1.807) is 11.3 Å². The van der Waals surface area contributed by atoms with Crippen LogP contribution in [0.3, 0.4) is 0 Å². The Morgan fingerprint density at radius 2 is 2.06 bits per heavy atom. The van der Waals surface area contributed by atoms with Crippen molar-refractivity contribution in [1.82, 2.24) is 0 Å². The van der Waals surface area contributed by atoms with Gasteiger partial charge >= 0.3 is 0 Å². The van der Waals surface area contributed by atoms with Crippen LogP contribution in [0.5, 0.6) is 0 Å². The molecule has 1 aromatic heterocycles. The van der Waals surface area contributed by atoms with Crippen LogP contribution in [-0.2, 0) is 0 Å². The molecule has 2 rings (SSSR count). The van der Waals surface area contributed by atoms with Gasteiger partial charge in [-0.15, -0.1) is 11.3 Å². The van der Waals surface area contributed by atoms with Gasteiger partial charge in [-0.1, -0.05) is 25.7 Å². The summed E-state index contributed by atoms with van der Waals surface area (Å²) in [6.07, 6.45) is 7.25. The monoisotopic (exact) mass is 366 g/mol. The molecule has 1 aliphatic carbocycles. The van der Waals surface area contributed by atoms with E-state index in [0.717, 1.165) is 25.5 Å². The number of aliphatic hydroxyl groups excluding tert-OH is 1. The maximum atomic E-state index is 10.1. The number of aliphatic hydroxyl groups is 1. The molecular formula is C12H16Br2OS. The normalized spacial score (nSPS) is 19.2. The molecule has 0 radical (unpaired) electrons. The van der Waals surface area contributed by atoms with Gasteiger partial charge in [0.15, 0.2) is 0 Å². The number of rotatable bonds is 4. The highest BCUT2D eigenvalue weighted by molar-refractivity contribution is 9.12. The van der Waals surface area contributed by atoms with Crippen molar-refractivity contribution < 1.29 is 5.11 Å². The van der Waals surface area contributed by atoms with E-state index >= 15 is 0 Å². The van der Waals surface area contributed by atoms with E-state index in [9.17, 15) is 5.11 Å². The van der Waals surface area contributed by atoms with Gasteiger partial charge in [-0.3, -0.25) is 0 Å². The third kappa shape index (κ3) is 3.31. The summed E-state index contributed by atoms with van der Waals surface area (Å²) in [4.78, 5) is 0. The van der Waals surface area contributed by atoms with Crippen LogP contribution in [0.4, 0.5) is 0 Å². The number of hydrogen-bond donors (Lipinski definition) is 1. The van der Waals surface area contributed by atoms with Crippen molar-refractivity contribution in [2.45, 2.75) is 44.6 Å². The van der Waals surface area contributed by atoms with Crippen molar-refractivity contribution in [1.29, 1.82) is 0 Å². The molecule has 1 saturated carbocycles. The van der Waals surface area contributed by atoms with Crippen LogP contribution >= 0.6 is 43.2 Å². The summed E-state index contributed by atoms with van der Waals surface area (Å²) < 4.78 is 2.13.